The maximum Gasteiger partial charge on any atom is 0.220 e. The summed E-state index contributed by atoms with van der Waals surface area (Å²) in [5.74, 6) is -0.244. The maximum atomic E-state index is 13.4. The zero-order valence-electron chi connectivity index (χ0n) is 55.9. The Bertz CT molecular complexity index is 1780. The third-order valence-corrected chi connectivity index (χ3v) is 18.2. The lowest BCUT2D eigenvalue weighted by Gasteiger charge is -2.48. The second kappa shape index (κ2) is 53.2. The Hall–Kier alpha value is -1.99. The SMILES string of the molecule is CCCCCCC/C=C\C/C=C\C/C=C\CCCCCCCCCCCCC(=O)NC(COC1OC(CO)C(OC2OC(CO)C(OC3OC(CO)C(O)C(O)C3O)C(O)C2O)C(O)C1O)C(O)CCCCCCCCCCCCCCCCCCCCCC. The summed E-state index contributed by atoms with van der Waals surface area (Å²) in [5, 5.41) is 121. The van der Waals surface area contributed by atoms with Gasteiger partial charge in [-0.05, 0) is 51.4 Å². The minimum Gasteiger partial charge on any atom is -0.394 e. The molecule has 3 aliphatic rings. The molecule has 1 amide bonds. The lowest BCUT2D eigenvalue weighted by Crippen LogP contribution is -2.66. The van der Waals surface area contributed by atoms with Crippen LogP contribution in [0.2, 0.25) is 0 Å². The van der Waals surface area contributed by atoms with E-state index in [2.05, 4.69) is 55.6 Å². The van der Waals surface area contributed by atoms with Crippen LogP contribution in [0, 0.1) is 0 Å². The highest BCUT2D eigenvalue weighted by atomic mass is 16.8. The molecule has 3 aliphatic heterocycles. The smallest absolute Gasteiger partial charge is 0.220 e. The number of amides is 1. The molecule has 0 radical (unpaired) electrons. The number of rotatable bonds is 56. The van der Waals surface area contributed by atoms with Gasteiger partial charge >= 0.3 is 0 Å². The highest BCUT2D eigenvalue weighted by Gasteiger charge is 2.53. The fourth-order valence-corrected chi connectivity index (χ4v) is 12.3. The Labute approximate surface area is 542 Å². The molecule has 3 rings (SSSR count). The molecule has 0 aromatic carbocycles. The number of carbonyl (C=O) groups excluding carboxylic acids is 1. The quantitative estimate of drug-likeness (QED) is 0.0199. The van der Waals surface area contributed by atoms with Gasteiger partial charge in [-0.3, -0.25) is 4.79 Å². The highest BCUT2D eigenvalue weighted by molar-refractivity contribution is 5.76. The number of aliphatic hydroxyl groups is 11. The van der Waals surface area contributed by atoms with Crippen molar-refractivity contribution < 1.29 is 89.4 Å². The molecule has 0 saturated carbocycles. The molecule has 0 aromatic rings. The first-order chi connectivity index (χ1) is 43.8. The average molecular weight is 1290 g/mol. The molecule has 3 heterocycles. The number of carbonyl (C=O) groups is 1. The molecule has 3 saturated heterocycles. The number of ether oxygens (including phenoxy) is 6. The van der Waals surface area contributed by atoms with Crippen molar-refractivity contribution in [3.63, 3.8) is 0 Å². The first-order valence-corrected chi connectivity index (χ1v) is 36.2. The molecule has 3 fully saturated rings. The molecular formula is C71H131NO18. The summed E-state index contributed by atoms with van der Waals surface area (Å²) in [6.07, 6.45) is 35.0. The first-order valence-electron chi connectivity index (χ1n) is 36.2. The Morgan fingerprint density at radius 3 is 1.14 bits per heavy atom. The van der Waals surface area contributed by atoms with Crippen LogP contribution in [0.4, 0.5) is 0 Å². The van der Waals surface area contributed by atoms with Crippen molar-refractivity contribution >= 4 is 5.91 Å². The predicted octanol–water partition coefficient (Wildman–Crippen LogP) is 10.00. The molecule has 0 spiro atoms. The predicted molar refractivity (Wildman–Crippen MR) is 351 cm³/mol. The highest BCUT2D eigenvalue weighted by Crippen LogP contribution is 2.33. The molecule has 0 aliphatic carbocycles. The molecule has 90 heavy (non-hydrogen) atoms. The van der Waals surface area contributed by atoms with Gasteiger partial charge in [-0.1, -0.05) is 256 Å². The Morgan fingerprint density at radius 2 is 0.733 bits per heavy atom. The minimum absolute atomic E-state index is 0.244. The normalized spacial score (nSPS) is 28.2. The Balaban J connectivity index is 1.42. The van der Waals surface area contributed by atoms with Crippen LogP contribution in [0.3, 0.4) is 0 Å². The zero-order valence-corrected chi connectivity index (χ0v) is 55.9. The fraction of sp³-hybridized carbons (Fsp3) is 0.901. The second-order valence-electron chi connectivity index (χ2n) is 26.1. The van der Waals surface area contributed by atoms with Crippen LogP contribution in [0.25, 0.3) is 0 Å². The third-order valence-electron chi connectivity index (χ3n) is 18.2. The summed E-state index contributed by atoms with van der Waals surface area (Å²) >= 11 is 0. The monoisotopic (exact) mass is 1290 g/mol. The van der Waals surface area contributed by atoms with Crippen molar-refractivity contribution in [1.82, 2.24) is 5.32 Å². The lowest BCUT2D eigenvalue weighted by molar-refractivity contribution is -0.379. The minimum atomic E-state index is -1.97. The van der Waals surface area contributed by atoms with Crippen LogP contribution in [0.5, 0.6) is 0 Å². The third kappa shape index (κ3) is 34.6. The maximum absolute atomic E-state index is 13.4. The molecule has 528 valence electrons. The van der Waals surface area contributed by atoms with Crippen LogP contribution in [0.1, 0.15) is 277 Å². The van der Waals surface area contributed by atoms with Gasteiger partial charge in [0.15, 0.2) is 18.9 Å². The van der Waals surface area contributed by atoms with Crippen molar-refractivity contribution in [3.05, 3.63) is 36.5 Å². The topological polar surface area (TPSA) is 307 Å². The summed E-state index contributed by atoms with van der Waals surface area (Å²) in [6.45, 7) is 1.81. The van der Waals surface area contributed by atoms with Crippen molar-refractivity contribution in [2.24, 2.45) is 0 Å². The van der Waals surface area contributed by atoms with E-state index in [9.17, 15) is 61.0 Å². The van der Waals surface area contributed by atoms with E-state index in [1.807, 2.05) is 0 Å². The molecule has 17 atom stereocenters. The number of hydrogen-bond donors (Lipinski definition) is 12. The van der Waals surface area contributed by atoms with Crippen LogP contribution in [-0.4, -0.2) is 193 Å². The summed E-state index contributed by atoms with van der Waals surface area (Å²) in [5.41, 5.74) is 0. The lowest BCUT2D eigenvalue weighted by atomic mass is 9.96. The number of allylic oxidation sites excluding steroid dienone is 6. The van der Waals surface area contributed by atoms with Crippen molar-refractivity contribution in [2.45, 2.75) is 381 Å². The van der Waals surface area contributed by atoms with Gasteiger partial charge in [-0.2, -0.15) is 0 Å². The van der Waals surface area contributed by atoms with Crippen LogP contribution in [-0.2, 0) is 33.2 Å². The van der Waals surface area contributed by atoms with Gasteiger partial charge in [0.05, 0.1) is 38.6 Å². The molecule has 19 heteroatoms. The summed E-state index contributed by atoms with van der Waals surface area (Å²) < 4.78 is 34.4. The molecule has 12 N–H and O–H groups in total. The van der Waals surface area contributed by atoms with Crippen LogP contribution in [0.15, 0.2) is 36.5 Å². The fourth-order valence-electron chi connectivity index (χ4n) is 12.3. The van der Waals surface area contributed by atoms with Gasteiger partial charge in [0.2, 0.25) is 5.91 Å². The molecule has 19 nitrogen and oxygen atoms in total. The Kier molecular flexibility index (Phi) is 48.6. The number of aliphatic hydroxyl groups excluding tert-OH is 11. The van der Waals surface area contributed by atoms with E-state index in [1.54, 1.807) is 0 Å². The van der Waals surface area contributed by atoms with E-state index >= 15 is 0 Å². The largest absolute Gasteiger partial charge is 0.394 e. The summed E-state index contributed by atoms with van der Waals surface area (Å²) in [4.78, 5) is 13.4. The second-order valence-corrected chi connectivity index (χ2v) is 26.1. The standard InChI is InChI=1S/C71H131NO18/c1-3-5-7-9-11-13-15-17-19-21-23-25-26-27-28-29-31-33-35-37-39-41-43-45-47-49-59(77)72-54(55(76)48-46-44-42-40-38-36-34-32-30-24-22-20-18-16-14-12-10-8-6-4-2)53-85-69-65(83)62(80)67(57(51-74)87-69)90-71-66(84)63(81)68(58(52-75)88-71)89-70-64(82)61(79)60(78)56(50-73)86-70/h15,17,21,23,26-27,54-58,60-71,73-76,78-84H,3-14,16,18-20,22,24-25,28-53H2,1-2H3,(H,72,77)/b17-15-,23-21-,27-26-. The first kappa shape index (κ1) is 82.2. The van der Waals surface area contributed by atoms with Gasteiger partial charge in [0, 0.05) is 6.42 Å². The number of hydrogen-bond acceptors (Lipinski definition) is 18. The number of nitrogens with one attached hydrogen (secondary N) is 1. The summed E-state index contributed by atoms with van der Waals surface area (Å²) in [7, 11) is 0. The van der Waals surface area contributed by atoms with Gasteiger partial charge in [-0.15, -0.1) is 0 Å². The average Bonchev–Trinajstić information content (AvgIpc) is 0.847. The van der Waals surface area contributed by atoms with Gasteiger partial charge < -0.3 is 89.9 Å². The van der Waals surface area contributed by atoms with Crippen LogP contribution >= 0.6 is 0 Å². The molecular weight excluding hydrogens is 1150 g/mol. The van der Waals surface area contributed by atoms with E-state index in [0.29, 0.717) is 12.8 Å². The van der Waals surface area contributed by atoms with Crippen LogP contribution < -0.4 is 5.32 Å². The zero-order chi connectivity index (χ0) is 65.4. The van der Waals surface area contributed by atoms with Gasteiger partial charge in [0.25, 0.3) is 0 Å². The van der Waals surface area contributed by atoms with Crippen molar-refractivity contribution in [3.8, 4) is 0 Å². The van der Waals surface area contributed by atoms with E-state index < -0.39 is 124 Å². The van der Waals surface area contributed by atoms with E-state index in [4.69, 9.17) is 28.4 Å². The summed E-state index contributed by atoms with van der Waals surface area (Å²) in [6, 6.07) is -0.890. The van der Waals surface area contributed by atoms with E-state index in [0.717, 1.165) is 64.2 Å². The van der Waals surface area contributed by atoms with Crippen molar-refractivity contribution in [2.75, 3.05) is 26.4 Å². The van der Waals surface area contributed by atoms with Gasteiger partial charge in [0.1, 0.15) is 73.2 Å². The van der Waals surface area contributed by atoms with Gasteiger partial charge in [-0.25, -0.2) is 0 Å². The van der Waals surface area contributed by atoms with Crippen molar-refractivity contribution in [1.29, 1.82) is 0 Å². The molecule has 17 unspecified atom stereocenters. The number of unbranched alkanes of at least 4 members (excludes halogenated alkanes) is 34. The van der Waals surface area contributed by atoms with E-state index in [1.165, 1.54) is 180 Å². The Morgan fingerprint density at radius 1 is 0.400 bits per heavy atom. The molecule has 0 bridgehead atoms. The van der Waals surface area contributed by atoms with E-state index in [-0.39, 0.29) is 18.9 Å². The molecule has 0 aromatic heterocycles.